The lowest BCUT2D eigenvalue weighted by Gasteiger charge is -2.19. The number of aryl methyl sites for hydroxylation is 1. The third-order valence-corrected chi connectivity index (χ3v) is 2.95. The fourth-order valence-corrected chi connectivity index (χ4v) is 1.86. The molecule has 0 radical (unpaired) electrons. The van der Waals surface area contributed by atoms with E-state index in [2.05, 4.69) is 19.2 Å². The van der Waals surface area contributed by atoms with E-state index in [0.29, 0.717) is 11.8 Å². The van der Waals surface area contributed by atoms with Crippen molar-refractivity contribution in [3.05, 3.63) is 29.6 Å². The van der Waals surface area contributed by atoms with Crippen LogP contribution in [0, 0.1) is 12.7 Å². The third kappa shape index (κ3) is 5.05. The number of hydrogen-bond acceptors (Lipinski definition) is 2. The van der Waals surface area contributed by atoms with Gasteiger partial charge < -0.3 is 10.1 Å². The van der Waals surface area contributed by atoms with E-state index in [1.807, 2.05) is 13.8 Å². The Morgan fingerprint density at radius 1 is 1.33 bits per heavy atom. The van der Waals surface area contributed by atoms with E-state index in [1.165, 1.54) is 18.6 Å². The molecule has 0 fully saturated rings. The van der Waals surface area contributed by atoms with Gasteiger partial charge in [0.25, 0.3) is 0 Å². The highest BCUT2D eigenvalue weighted by Crippen LogP contribution is 2.19. The molecule has 1 aromatic carbocycles. The molecule has 0 aliphatic rings. The average Bonchev–Trinajstić information content (AvgIpc) is 2.32. The summed E-state index contributed by atoms with van der Waals surface area (Å²) in [5.41, 5.74) is 0.963. The maximum absolute atomic E-state index is 13.1. The summed E-state index contributed by atoms with van der Waals surface area (Å²) < 4.78 is 18.9. The second-order valence-electron chi connectivity index (χ2n) is 4.94. The van der Waals surface area contributed by atoms with Crippen LogP contribution in [-0.4, -0.2) is 18.7 Å². The first-order valence-corrected chi connectivity index (χ1v) is 6.69. The minimum atomic E-state index is -0.255. The molecule has 3 heteroatoms. The predicted molar refractivity (Wildman–Crippen MR) is 73.6 cm³/mol. The Morgan fingerprint density at radius 2 is 2.06 bits per heavy atom. The second kappa shape index (κ2) is 7.37. The molecule has 2 nitrogen and oxygen atoms in total. The first kappa shape index (κ1) is 15.0. The Bertz CT molecular complexity index is 368. The summed E-state index contributed by atoms with van der Waals surface area (Å²) in [6, 6.07) is 5.13. The van der Waals surface area contributed by atoms with Crippen molar-refractivity contribution in [3.8, 4) is 5.75 Å². The van der Waals surface area contributed by atoms with Gasteiger partial charge in [-0.15, -0.1) is 0 Å². The zero-order chi connectivity index (χ0) is 13.5. The van der Waals surface area contributed by atoms with Crippen LogP contribution in [0.3, 0.4) is 0 Å². The number of nitrogens with one attached hydrogen (secondary N) is 1. The highest BCUT2D eigenvalue weighted by molar-refractivity contribution is 5.32. The first-order chi connectivity index (χ1) is 8.52. The van der Waals surface area contributed by atoms with Gasteiger partial charge in [-0.05, 0) is 38.8 Å². The highest BCUT2D eigenvalue weighted by Gasteiger charge is 2.09. The van der Waals surface area contributed by atoms with E-state index in [-0.39, 0.29) is 11.9 Å². The van der Waals surface area contributed by atoms with Crippen LogP contribution in [0.5, 0.6) is 5.75 Å². The van der Waals surface area contributed by atoms with E-state index >= 15 is 0 Å². The van der Waals surface area contributed by atoms with Crippen molar-refractivity contribution in [2.24, 2.45) is 0 Å². The zero-order valence-corrected chi connectivity index (χ0v) is 11.8. The van der Waals surface area contributed by atoms with Crippen molar-refractivity contribution in [1.82, 2.24) is 5.32 Å². The van der Waals surface area contributed by atoms with E-state index in [1.54, 1.807) is 6.07 Å². The lowest BCUT2D eigenvalue weighted by atomic mass is 10.2. The van der Waals surface area contributed by atoms with Crippen molar-refractivity contribution in [2.75, 3.05) is 6.54 Å². The maximum atomic E-state index is 13.1. The quantitative estimate of drug-likeness (QED) is 0.800. The molecule has 0 aliphatic carbocycles. The molecule has 0 saturated carbocycles. The molecular weight excluding hydrogens is 229 g/mol. The molecule has 1 N–H and O–H groups in total. The smallest absolute Gasteiger partial charge is 0.126 e. The lowest BCUT2D eigenvalue weighted by Crippen LogP contribution is -2.35. The maximum Gasteiger partial charge on any atom is 0.126 e. The Balaban J connectivity index is 2.44. The average molecular weight is 253 g/mol. The Kier molecular flexibility index (Phi) is 6.13. The SMILES string of the molecule is CCCC(C)NCC(C)Oc1cc(F)ccc1C. The summed E-state index contributed by atoms with van der Waals surface area (Å²) in [6.45, 7) is 9.04. The number of benzene rings is 1. The van der Waals surface area contributed by atoms with Crippen LogP contribution in [0.15, 0.2) is 18.2 Å². The molecule has 1 rings (SSSR count). The monoisotopic (exact) mass is 253 g/mol. The van der Waals surface area contributed by atoms with Gasteiger partial charge in [-0.1, -0.05) is 19.4 Å². The molecular formula is C15H24FNO. The van der Waals surface area contributed by atoms with Crippen LogP contribution in [0.2, 0.25) is 0 Å². The molecule has 0 heterocycles. The van der Waals surface area contributed by atoms with Gasteiger partial charge in [-0.3, -0.25) is 0 Å². The van der Waals surface area contributed by atoms with Gasteiger partial charge in [-0.25, -0.2) is 4.39 Å². The van der Waals surface area contributed by atoms with Gasteiger partial charge in [0.15, 0.2) is 0 Å². The molecule has 0 saturated heterocycles. The predicted octanol–water partition coefficient (Wildman–Crippen LogP) is 3.68. The van der Waals surface area contributed by atoms with Crippen LogP contribution >= 0.6 is 0 Å². The number of halogens is 1. The van der Waals surface area contributed by atoms with Crippen molar-refractivity contribution >= 4 is 0 Å². The summed E-state index contributed by atoms with van der Waals surface area (Å²) in [6.07, 6.45) is 2.36. The zero-order valence-electron chi connectivity index (χ0n) is 11.8. The largest absolute Gasteiger partial charge is 0.489 e. The first-order valence-electron chi connectivity index (χ1n) is 6.69. The highest BCUT2D eigenvalue weighted by atomic mass is 19.1. The summed E-state index contributed by atoms with van der Waals surface area (Å²) >= 11 is 0. The number of ether oxygens (including phenoxy) is 1. The van der Waals surface area contributed by atoms with Gasteiger partial charge in [0.2, 0.25) is 0 Å². The lowest BCUT2D eigenvalue weighted by molar-refractivity contribution is 0.209. The molecule has 2 atom stereocenters. The molecule has 1 aromatic rings. The van der Waals surface area contributed by atoms with Crippen LogP contribution in [-0.2, 0) is 0 Å². The summed E-state index contributed by atoms with van der Waals surface area (Å²) in [5, 5.41) is 3.42. The summed E-state index contributed by atoms with van der Waals surface area (Å²) in [4.78, 5) is 0. The molecule has 0 spiro atoms. The van der Waals surface area contributed by atoms with Gasteiger partial charge in [0, 0.05) is 18.7 Å². The fourth-order valence-electron chi connectivity index (χ4n) is 1.86. The normalized spacial score (nSPS) is 14.3. The Morgan fingerprint density at radius 3 is 2.72 bits per heavy atom. The van der Waals surface area contributed by atoms with Crippen molar-refractivity contribution in [1.29, 1.82) is 0 Å². The van der Waals surface area contributed by atoms with Crippen LogP contribution in [0.4, 0.5) is 4.39 Å². The molecule has 0 aliphatic heterocycles. The third-order valence-electron chi connectivity index (χ3n) is 2.95. The van der Waals surface area contributed by atoms with Gasteiger partial charge >= 0.3 is 0 Å². The fraction of sp³-hybridized carbons (Fsp3) is 0.600. The van der Waals surface area contributed by atoms with Crippen molar-refractivity contribution in [2.45, 2.75) is 52.7 Å². The van der Waals surface area contributed by atoms with Crippen molar-refractivity contribution in [3.63, 3.8) is 0 Å². The van der Waals surface area contributed by atoms with Crippen LogP contribution in [0.1, 0.15) is 39.2 Å². The number of rotatable bonds is 7. The molecule has 2 unspecified atom stereocenters. The van der Waals surface area contributed by atoms with Gasteiger partial charge in [-0.2, -0.15) is 0 Å². The molecule has 0 bridgehead atoms. The molecule has 102 valence electrons. The minimum absolute atomic E-state index is 0.0322. The van der Waals surface area contributed by atoms with Crippen LogP contribution in [0.25, 0.3) is 0 Å². The molecule has 18 heavy (non-hydrogen) atoms. The number of hydrogen-bond donors (Lipinski definition) is 1. The van der Waals surface area contributed by atoms with E-state index < -0.39 is 0 Å². The Labute approximate surface area is 110 Å². The molecule has 0 aromatic heterocycles. The summed E-state index contributed by atoms with van der Waals surface area (Å²) in [7, 11) is 0. The standard InChI is InChI=1S/C15H24FNO/c1-5-6-12(3)17-10-13(4)18-15-9-14(16)8-7-11(15)2/h7-9,12-13,17H,5-6,10H2,1-4H3. The minimum Gasteiger partial charge on any atom is -0.489 e. The Hall–Kier alpha value is -1.09. The van der Waals surface area contributed by atoms with E-state index in [9.17, 15) is 4.39 Å². The molecule has 0 amide bonds. The van der Waals surface area contributed by atoms with E-state index in [0.717, 1.165) is 18.5 Å². The van der Waals surface area contributed by atoms with Crippen molar-refractivity contribution < 1.29 is 9.13 Å². The van der Waals surface area contributed by atoms with Gasteiger partial charge in [0.1, 0.15) is 17.7 Å². The van der Waals surface area contributed by atoms with Crippen LogP contribution < -0.4 is 10.1 Å². The van der Waals surface area contributed by atoms with Gasteiger partial charge in [0.05, 0.1) is 0 Å². The second-order valence-corrected chi connectivity index (χ2v) is 4.94. The van der Waals surface area contributed by atoms with E-state index in [4.69, 9.17) is 4.74 Å². The topological polar surface area (TPSA) is 21.3 Å². The summed E-state index contributed by atoms with van der Waals surface area (Å²) in [5.74, 6) is 0.377.